The van der Waals surface area contributed by atoms with Gasteiger partial charge in [0.15, 0.2) is 10.8 Å². The van der Waals surface area contributed by atoms with Crippen molar-refractivity contribution in [1.82, 2.24) is 4.98 Å². The van der Waals surface area contributed by atoms with Crippen LogP contribution in [0.3, 0.4) is 0 Å². The minimum atomic E-state index is -0.424. The lowest BCUT2D eigenvalue weighted by atomic mass is 10.3. The highest BCUT2D eigenvalue weighted by Gasteiger charge is 2.11. The highest BCUT2D eigenvalue weighted by Crippen LogP contribution is 2.22. The van der Waals surface area contributed by atoms with Crippen molar-refractivity contribution < 1.29 is 14.6 Å². The molecule has 0 aliphatic heterocycles. The normalized spacial score (nSPS) is 10.1. The van der Waals surface area contributed by atoms with Gasteiger partial charge in [0, 0.05) is 11.1 Å². The van der Waals surface area contributed by atoms with Gasteiger partial charge in [-0.3, -0.25) is 0 Å². The number of hydrogen-bond donors (Lipinski definition) is 2. The smallest absolute Gasteiger partial charge is 0.357 e. The number of thiazole rings is 1. The summed E-state index contributed by atoms with van der Waals surface area (Å²) in [6.07, 6.45) is 0. The standard InChI is InChI=1S/C12H12N2O3S/c1-2-17-11(16)10-7-18-12(14-10)13-8-3-5-9(15)6-4-8/h3-7,15H,2H2,1H3,(H,13,14). The SMILES string of the molecule is CCOC(=O)c1csc(Nc2ccc(O)cc2)n1. The molecule has 5 nitrogen and oxygen atoms in total. The molecule has 0 aliphatic rings. The molecule has 18 heavy (non-hydrogen) atoms. The van der Waals surface area contributed by atoms with E-state index in [4.69, 9.17) is 9.84 Å². The van der Waals surface area contributed by atoms with E-state index in [-0.39, 0.29) is 5.75 Å². The summed E-state index contributed by atoms with van der Waals surface area (Å²) in [5.41, 5.74) is 1.08. The van der Waals surface area contributed by atoms with Crippen molar-refractivity contribution in [1.29, 1.82) is 0 Å². The van der Waals surface area contributed by atoms with Gasteiger partial charge >= 0.3 is 5.97 Å². The van der Waals surface area contributed by atoms with E-state index in [0.717, 1.165) is 5.69 Å². The number of carbonyl (C=O) groups is 1. The molecular formula is C12H12N2O3S. The van der Waals surface area contributed by atoms with Gasteiger partial charge in [-0.15, -0.1) is 11.3 Å². The van der Waals surface area contributed by atoms with Gasteiger partial charge in [-0.05, 0) is 31.2 Å². The summed E-state index contributed by atoms with van der Waals surface area (Å²) < 4.78 is 4.85. The number of nitrogens with one attached hydrogen (secondary N) is 1. The van der Waals surface area contributed by atoms with Crippen molar-refractivity contribution in [3.05, 3.63) is 35.3 Å². The number of aromatic nitrogens is 1. The average molecular weight is 264 g/mol. The number of rotatable bonds is 4. The molecule has 2 rings (SSSR count). The van der Waals surface area contributed by atoms with E-state index in [1.54, 1.807) is 36.6 Å². The van der Waals surface area contributed by atoms with E-state index in [1.807, 2.05) is 0 Å². The molecule has 0 saturated heterocycles. The Labute approximate surface area is 108 Å². The first kappa shape index (κ1) is 12.4. The van der Waals surface area contributed by atoms with E-state index in [0.29, 0.717) is 17.4 Å². The number of phenolic OH excluding ortho intramolecular Hbond substituents is 1. The third-order valence-electron chi connectivity index (χ3n) is 2.11. The van der Waals surface area contributed by atoms with E-state index in [9.17, 15) is 4.79 Å². The maximum Gasteiger partial charge on any atom is 0.357 e. The lowest BCUT2D eigenvalue weighted by Crippen LogP contribution is -2.04. The fourth-order valence-electron chi connectivity index (χ4n) is 1.30. The number of aromatic hydroxyl groups is 1. The van der Waals surface area contributed by atoms with E-state index >= 15 is 0 Å². The van der Waals surface area contributed by atoms with Crippen molar-refractivity contribution in [2.24, 2.45) is 0 Å². The zero-order valence-electron chi connectivity index (χ0n) is 9.71. The molecule has 2 aromatic rings. The molecule has 0 aliphatic carbocycles. The summed E-state index contributed by atoms with van der Waals surface area (Å²) in [5, 5.41) is 14.4. The van der Waals surface area contributed by atoms with E-state index in [1.165, 1.54) is 11.3 Å². The minimum Gasteiger partial charge on any atom is -0.508 e. The molecule has 0 atom stereocenters. The molecular weight excluding hydrogens is 252 g/mol. The first-order valence-electron chi connectivity index (χ1n) is 5.37. The van der Waals surface area contributed by atoms with Crippen molar-refractivity contribution in [2.45, 2.75) is 6.92 Å². The predicted octanol–water partition coefficient (Wildman–Crippen LogP) is 2.77. The van der Waals surface area contributed by atoms with Crippen molar-refractivity contribution in [3.8, 4) is 5.75 Å². The van der Waals surface area contributed by atoms with Crippen LogP contribution in [-0.2, 0) is 4.74 Å². The minimum absolute atomic E-state index is 0.201. The molecule has 0 unspecified atom stereocenters. The van der Waals surface area contributed by atoms with Gasteiger partial charge in [-0.25, -0.2) is 9.78 Å². The molecule has 0 spiro atoms. The number of carbonyl (C=O) groups excluding carboxylic acids is 1. The number of nitrogens with zero attached hydrogens (tertiary/aromatic N) is 1. The molecule has 0 bridgehead atoms. The van der Waals surface area contributed by atoms with Crippen molar-refractivity contribution in [2.75, 3.05) is 11.9 Å². The summed E-state index contributed by atoms with van der Waals surface area (Å²) >= 11 is 1.32. The predicted molar refractivity (Wildman–Crippen MR) is 69.5 cm³/mol. The van der Waals surface area contributed by atoms with Crippen LogP contribution in [0.15, 0.2) is 29.6 Å². The van der Waals surface area contributed by atoms with Crippen LogP contribution in [0, 0.1) is 0 Å². The zero-order valence-corrected chi connectivity index (χ0v) is 10.5. The molecule has 0 radical (unpaired) electrons. The van der Waals surface area contributed by atoms with E-state index < -0.39 is 5.97 Å². The van der Waals surface area contributed by atoms with Crippen LogP contribution in [0.2, 0.25) is 0 Å². The van der Waals surface area contributed by atoms with Gasteiger partial charge in [0.25, 0.3) is 0 Å². The van der Waals surface area contributed by atoms with Crippen LogP contribution in [0.25, 0.3) is 0 Å². The Morgan fingerprint density at radius 3 is 2.83 bits per heavy atom. The van der Waals surface area contributed by atoms with Gasteiger partial charge in [-0.1, -0.05) is 0 Å². The monoisotopic (exact) mass is 264 g/mol. The van der Waals surface area contributed by atoms with Crippen LogP contribution < -0.4 is 5.32 Å². The molecule has 94 valence electrons. The summed E-state index contributed by atoms with van der Waals surface area (Å²) in [5.74, 6) is -0.223. The highest BCUT2D eigenvalue weighted by molar-refractivity contribution is 7.14. The molecule has 1 aromatic heterocycles. The van der Waals surface area contributed by atoms with Gasteiger partial charge in [0.2, 0.25) is 0 Å². The third kappa shape index (κ3) is 2.98. The number of ether oxygens (including phenoxy) is 1. The van der Waals surface area contributed by atoms with Crippen molar-refractivity contribution >= 4 is 28.1 Å². The molecule has 2 N–H and O–H groups in total. The molecule has 0 fully saturated rings. The number of phenols is 1. The van der Waals surface area contributed by atoms with Gasteiger partial charge in [-0.2, -0.15) is 0 Å². The molecule has 0 amide bonds. The number of benzene rings is 1. The van der Waals surface area contributed by atoms with Crippen LogP contribution in [0.1, 0.15) is 17.4 Å². The molecule has 1 heterocycles. The number of esters is 1. The van der Waals surface area contributed by atoms with Crippen LogP contribution >= 0.6 is 11.3 Å². The average Bonchev–Trinajstić information content (AvgIpc) is 2.81. The Hall–Kier alpha value is -2.08. The third-order valence-corrected chi connectivity index (χ3v) is 2.87. The van der Waals surface area contributed by atoms with E-state index in [2.05, 4.69) is 10.3 Å². The first-order valence-corrected chi connectivity index (χ1v) is 6.25. The molecule has 6 heteroatoms. The lowest BCUT2D eigenvalue weighted by molar-refractivity contribution is 0.0520. The number of hydrogen-bond acceptors (Lipinski definition) is 6. The quantitative estimate of drug-likeness (QED) is 0.656. The second-order valence-electron chi connectivity index (χ2n) is 3.43. The summed E-state index contributed by atoms with van der Waals surface area (Å²) in [6.45, 7) is 2.08. The Morgan fingerprint density at radius 1 is 1.44 bits per heavy atom. The maximum atomic E-state index is 11.4. The highest BCUT2D eigenvalue weighted by atomic mass is 32.1. The topological polar surface area (TPSA) is 71.5 Å². The van der Waals surface area contributed by atoms with Crippen LogP contribution in [0.5, 0.6) is 5.75 Å². The van der Waals surface area contributed by atoms with Crippen molar-refractivity contribution in [3.63, 3.8) is 0 Å². The summed E-state index contributed by atoms with van der Waals surface area (Å²) in [6, 6.07) is 6.59. The largest absolute Gasteiger partial charge is 0.508 e. The van der Waals surface area contributed by atoms with Gasteiger partial charge < -0.3 is 15.2 Å². The molecule has 0 saturated carbocycles. The Bertz CT molecular complexity index is 537. The lowest BCUT2D eigenvalue weighted by Gasteiger charge is -2.01. The Morgan fingerprint density at radius 2 is 2.17 bits per heavy atom. The van der Waals surface area contributed by atoms with Crippen LogP contribution in [0.4, 0.5) is 10.8 Å². The Kier molecular flexibility index (Phi) is 3.78. The fraction of sp³-hybridized carbons (Fsp3) is 0.167. The zero-order chi connectivity index (χ0) is 13.0. The second kappa shape index (κ2) is 5.50. The second-order valence-corrected chi connectivity index (χ2v) is 4.29. The van der Waals surface area contributed by atoms with Gasteiger partial charge in [0.05, 0.1) is 6.61 Å². The first-order chi connectivity index (χ1) is 8.69. The van der Waals surface area contributed by atoms with Gasteiger partial charge in [0.1, 0.15) is 5.75 Å². The van der Waals surface area contributed by atoms with Crippen LogP contribution in [-0.4, -0.2) is 22.7 Å². The maximum absolute atomic E-state index is 11.4. The Balaban J connectivity index is 2.06. The summed E-state index contributed by atoms with van der Waals surface area (Å²) in [7, 11) is 0. The summed E-state index contributed by atoms with van der Waals surface area (Å²) in [4.78, 5) is 15.5. The molecule has 1 aromatic carbocycles. The number of anilines is 2. The fourth-order valence-corrected chi connectivity index (χ4v) is 2.00.